The highest BCUT2D eigenvalue weighted by atomic mass is 32.1. The van der Waals surface area contributed by atoms with E-state index < -0.39 is 5.60 Å². The van der Waals surface area contributed by atoms with Crippen molar-refractivity contribution in [1.82, 2.24) is 0 Å². The lowest BCUT2D eigenvalue weighted by Gasteiger charge is -2.26. The van der Waals surface area contributed by atoms with E-state index in [2.05, 4.69) is 38.1 Å². The summed E-state index contributed by atoms with van der Waals surface area (Å²) >= 11 is 1.72. The van der Waals surface area contributed by atoms with Gasteiger partial charge in [0.15, 0.2) is 11.3 Å². The number of aliphatic hydroxyl groups excluding tert-OH is 3. The smallest absolute Gasteiger partial charge is 0.172 e. The number of hydrogen-bond acceptors (Lipinski definition) is 9. The van der Waals surface area contributed by atoms with E-state index in [1.54, 1.807) is 11.3 Å². The molecule has 0 saturated heterocycles. The first-order valence-corrected chi connectivity index (χ1v) is 17.7. The van der Waals surface area contributed by atoms with Crippen molar-refractivity contribution in [1.29, 1.82) is 15.8 Å². The molecule has 0 spiro atoms. The van der Waals surface area contributed by atoms with Crippen molar-refractivity contribution >= 4 is 35.3 Å². The van der Waals surface area contributed by atoms with Crippen molar-refractivity contribution < 1.29 is 20.1 Å². The first-order chi connectivity index (χ1) is 23.3. The van der Waals surface area contributed by atoms with E-state index in [1.807, 2.05) is 54.3 Å². The number of ether oxygens (including phenoxy) is 1. The number of allylic oxidation sites excluding steroid dienone is 2. The number of hydrogen-bond donors (Lipinski definition) is 3. The van der Waals surface area contributed by atoms with Crippen molar-refractivity contribution in [3.05, 3.63) is 79.3 Å². The van der Waals surface area contributed by atoms with E-state index in [0.29, 0.717) is 37.9 Å². The van der Waals surface area contributed by atoms with Crippen LogP contribution in [0.15, 0.2) is 52.8 Å². The van der Waals surface area contributed by atoms with Crippen LogP contribution in [0.3, 0.4) is 0 Å². The highest BCUT2D eigenvalue weighted by Crippen LogP contribution is 2.44. The maximum atomic E-state index is 10.2. The molecular formula is C39H48N4O4S. The molecule has 9 heteroatoms. The summed E-state index contributed by atoms with van der Waals surface area (Å²) in [7, 11) is 0. The molecule has 0 amide bonds. The fourth-order valence-electron chi connectivity index (χ4n) is 5.95. The second-order valence-corrected chi connectivity index (χ2v) is 13.1. The molecular weight excluding hydrogens is 621 g/mol. The van der Waals surface area contributed by atoms with Gasteiger partial charge in [-0.15, -0.1) is 11.3 Å². The Labute approximate surface area is 289 Å². The number of benzene rings is 1. The van der Waals surface area contributed by atoms with Crippen molar-refractivity contribution in [2.45, 2.75) is 84.2 Å². The van der Waals surface area contributed by atoms with Gasteiger partial charge in [0.1, 0.15) is 29.4 Å². The Balaban J connectivity index is 2.10. The lowest BCUT2D eigenvalue weighted by atomic mass is 9.88. The summed E-state index contributed by atoms with van der Waals surface area (Å²) in [6.45, 7) is 7.26. The van der Waals surface area contributed by atoms with E-state index in [4.69, 9.17) is 4.74 Å². The van der Waals surface area contributed by atoms with Crippen LogP contribution < -0.4 is 4.90 Å². The Morgan fingerprint density at radius 3 is 1.90 bits per heavy atom. The molecule has 3 N–H and O–H groups in total. The second-order valence-electron chi connectivity index (χ2n) is 12.0. The average molecular weight is 669 g/mol. The first kappa shape index (κ1) is 38.3. The van der Waals surface area contributed by atoms with Crippen molar-refractivity contribution in [2.75, 3.05) is 37.8 Å². The summed E-state index contributed by atoms with van der Waals surface area (Å²) in [4.78, 5) is 4.27. The first-order valence-electron chi connectivity index (χ1n) is 16.9. The fraction of sp³-hybridized carbons (Fsp3) is 0.462. The zero-order chi connectivity index (χ0) is 34.9. The van der Waals surface area contributed by atoms with Crippen molar-refractivity contribution in [2.24, 2.45) is 0 Å². The topological polar surface area (TPSA) is 145 Å². The molecule has 0 saturated carbocycles. The predicted octanol–water partition coefficient (Wildman–Crippen LogP) is 7.48. The largest absolute Gasteiger partial charge is 0.479 e. The Hall–Kier alpha value is -4.17. The summed E-state index contributed by atoms with van der Waals surface area (Å²) in [5.41, 5.74) is 4.35. The molecule has 0 bridgehead atoms. The summed E-state index contributed by atoms with van der Waals surface area (Å²) in [6, 6.07) is 14.1. The van der Waals surface area contributed by atoms with Gasteiger partial charge in [0, 0.05) is 40.7 Å². The predicted molar refractivity (Wildman–Crippen MR) is 194 cm³/mol. The molecule has 0 aliphatic carbocycles. The zero-order valence-corrected chi connectivity index (χ0v) is 29.3. The average Bonchev–Trinajstić information content (AvgIpc) is 3.57. The van der Waals surface area contributed by atoms with Gasteiger partial charge in [0.2, 0.25) is 0 Å². The number of aliphatic hydroxyl groups is 3. The van der Waals surface area contributed by atoms with Crippen LogP contribution in [0.5, 0.6) is 0 Å². The molecule has 1 unspecified atom stereocenters. The number of rotatable bonds is 19. The van der Waals surface area contributed by atoms with E-state index in [1.165, 1.54) is 16.0 Å². The molecule has 1 atom stereocenters. The van der Waals surface area contributed by atoms with E-state index >= 15 is 0 Å². The maximum Gasteiger partial charge on any atom is 0.172 e. The van der Waals surface area contributed by atoms with E-state index in [-0.39, 0.29) is 36.7 Å². The highest BCUT2D eigenvalue weighted by Gasteiger charge is 2.42. The quantitative estimate of drug-likeness (QED) is 0.103. The van der Waals surface area contributed by atoms with Gasteiger partial charge in [-0.25, -0.2) is 0 Å². The third-order valence-corrected chi connectivity index (χ3v) is 9.79. The Kier molecular flexibility index (Phi) is 15.6. The van der Waals surface area contributed by atoms with Gasteiger partial charge in [-0.3, -0.25) is 0 Å². The van der Waals surface area contributed by atoms with Gasteiger partial charge >= 0.3 is 0 Å². The molecule has 1 aliphatic heterocycles. The lowest BCUT2D eigenvalue weighted by Crippen LogP contribution is -2.29. The zero-order valence-electron chi connectivity index (χ0n) is 28.5. The monoisotopic (exact) mass is 668 g/mol. The van der Waals surface area contributed by atoms with Crippen LogP contribution in [0, 0.1) is 34.0 Å². The molecule has 1 aromatic heterocycles. The van der Waals surface area contributed by atoms with Crippen LogP contribution in [-0.2, 0) is 17.6 Å². The minimum absolute atomic E-state index is 0.0153. The minimum atomic E-state index is -0.921. The van der Waals surface area contributed by atoms with Crippen LogP contribution >= 0.6 is 11.3 Å². The van der Waals surface area contributed by atoms with Crippen LogP contribution in [0.1, 0.15) is 92.2 Å². The van der Waals surface area contributed by atoms with Gasteiger partial charge < -0.3 is 25.0 Å². The molecule has 2 heterocycles. The number of unbranched alkanes of at least 4 members (excludes halogenated alkanes) is 3. The van der Waals surface area contributed by atoms with Gasteiger partial charge in [-0.1, -0.05) is 51.0 Å². The van der Waals surface area contributed by atoms with Gasteiger partial charge in [0.05, 0.1) is 13.2 Å². The molecule has 1 aromatic carbocycles. The summed E-state index contributed by atoms with van der Waals surface area (Å²) in [5, 5.41) is 57.6. The lowest BCUT2D eigenvalue weighted by molar-refractivity contribution is 0.0652. The number of anilines is 1. The number of nitrogens with zero attached hydrogens (tertiary/aromatic N) is 4. The van der Waals surface area contributed by atoms with Crippen LogP contribution in [0.25, 0.3) is 18.2 Å². The molecule has 0 fully saturated rings. The Morgan fingerprint density at radius 2 is 1.40 bits per heavy atom. The van der Waals surface area contributed by atoms with E-state index in [0.717, 1.165) is 54.7 Å². The second kappa shape index (κ2) is 19.6. The number of thiophene rings is 1. The van der Waals surface area contributed by atoms with Gasteiger partial charge in [-0.2, -0.15) is 15.8 Å². The SMILES string of the molecule is CCCCc1c(/C=C/C2=C(C#N)C(=C(C#N)C#N)OC2(C)CCCCO)sc(/C=C/c2ccc(N(CCO)CCO)cc2)c1CCCC. The van der Waals surface area contributed by atoms with Gasteiger partial charge in [-0.05, 0) is 92.8 Å². The summed E-state index contributed by atoms with van der Waals surface area (Å²) < 4.78 is 6.23. The Bertz CT molecular complexity index is 1590. The molecule has 8 nitrogen and oxygen atoms in total. The normalized spacial score (nSPS) is 15.9. The third-order valence-electron chi connectivity index (χ3n) is 8.58. The fourth-order valence-corrected chi connectivity index (χ4v) is 7.16. The van der Waals surface area contributed by atoms with Crippen molar-refractivity contribution in [3.8, 4) is 18.2 Å². The molecule has 254 valence electrons. The summed E-state index contributed by atoms with van der Waals surface area (Å²) in [6.07, 6.45) is 16.2. The molecule has 2 aromatic rings. The highest BCUT2D eigenvalue weighted by molar-refractivity contribution is 7.14. The van der Waals surface area contributed by atoms with Crippen LogP contribution in [0.2, 0.25) is 0 Å². The maximum absolute atomic E-state index is 10.2. The van der Waals surface area contributed by atoms with Crippen molar-refractivity contribution in [3.63, 3.8) is 0 Å². The Morgan fingerprint density at radius 1 is 0.812 bits per heavy atom. The summed E-state index contributed by atoms with van der Waals surface area (Å²) in [5.74, 6) is 0.0279. The van der Waals surface area contributed by atoms with Crippen LogP contribution in [0.4, 0.5) is 5.69 Å². The minimum Gasteiger partial charge on any atom is -0.479 e. The van der Waals surface area contributed by atoms with Crippen LogP contribution in [-0.4, -0.2) is 53.8 Å². The molecule has 3 rings (SSSR count). The van der Waals surface area contributed by atoms with Gasteiger partial charge in [0.25, 0.3) is 0 Å². The number of nitriles is 3. The molecule has 48 heavy (non-hydrogen) atoms. The standard InChI is InChI=1S/C39H48N4O4S/c1-4-6-10-32-33(11-7-5-2)37(48-36(32)18-14-29-12-15-31(16-13-29)43(21-24-45)22-25-46)19-17-35-34(28-42)38(30(26-40)27-41)47-39(35,3)20-8-9-23-44/h12-19,44-46H,4-11,20-25H2,1-3H3/b18-14+,19-17+. The third kappa shape index (κ3) is 9.69. The molecule has 0 radical (unpaired) electrons. The van der Waals surface area contributed by atoms with E-state index in [9.17, 15) is 31.1 Å². The molecule has 1 aliphatic rings.